The van der Waals surface area contributed by atoms with Crippen molar-refractivity contribution < 1.29 is 4.79 Å². The largest absolute Gasteiger partial charge is 0.293 e. The van der Waals surface area contributed by atoms with Crippen LogP contribution in [0.3, 0.4) is 0 Å². The smallest absolute Gasteiger partial charge is 0.257 e. The highest BCUT2D eigenvalue weighted by molar-refractivity contribution is 7.13. The number of carbonyl (C=O) groups is 1. The van der Waals surface area contributed by atoms with Crippen LogP contribution in [0.5, 0.6) is 0 Å². The lowest BCUT2D eigenvalue weighted by Crippen LogP contribution is -2.33. The minimum absolute atomic E-state index is 0.0329. The molecule has 0 aromatic carbocycles. The van der Waals surface area contributed by atoms with Crippen LogP contribution in [0.15, 0.2) is 17.5 Å². The molecule has 78 valence electrons. The summed E-state index contributed by atoms with van der Waals surface area (Å²) in [6.07, 6.45) is 0. The first kappa shape index (κ1) is 9.74. The lowest BCUT2D eigenvalue weighted by Gasteiger charge is -1.95. The fraction of sp³-hybridized carbons (Fsp3) is 0.143. The van der Waals surface area contributed by atoms with Crippen LogP contribution in [0.25, 0.3) is 10.7 Å². The Balaban J connectivity index is 2.14. The van der Waals surface area contributed by atoms with Gasteiger partial charge in [0.1, 0.15) is 6.54 Å². The van der Waals surface area contributed by atoms with Crippen LogP contribution in [0, 0.1) is 0 Å². The lowest BCUT2D eigenvalue weighted by atomic mass is 10.5. The molecule has 2 aromatic heterocycles. The maximum Gasteiger partial charge on any atom is 0.257 e. The molecule has 2 heterocycles. The molecule has 0 atom stereocenters. The highest BCUT2D eigenvalue weighted by atomic mass is 32.1. The molecule has 0 radical (unpaired) electrons. The number of rotatable bonds is 3. The quantitative estimate of drug-likeness (QED) is 0.411. The Morgan fingerprint density at radius 3 is 3.20 bits per heavy atom. The second-order valence-corrected chi connectivity index (χ2v) is 3.64. The van der Waals surface area contributed by atoms with Crippen LogP contribution in [0.4, 0.5) is 0 Å². The van der Waals surface area contributed by atoms with Crippen LogP contribution in [-0.2, 0) is 11.3 Å². The number of tetrazole rings is 1. The molecule has 3 N–H and O–H groups in total. The van der Waals surface area contributed by atoms with Crippen molar-refractivity contribution >= 4 is 17.2 Å². The standard InChI is InChI=1S/C7H8N6OS/c8-9-6(14)4-13-11-7(10-12-13)5-2-1-3-15-5/h1-3H,4,8H2,(H,9,14). The van der Waals surface area contributed by atoms with Crippen LogP contribution in [0.2, 0.25) is 0 Å². The van der Waals surface area contributed by atoms with Crippen molar-refractivity contribution in [1.29, 1.82) is 0 Å². The molecule has 0 aliphatic carbocycles. The van der Waals surface area contributed by atoms with E-state index in [9.17, 15) is 4.79 Å². The lowest BCUT2D eigenvalue weighted by molar-refractivity contribution is -0.122. The minimum Gasteiger partial charge on any atom is -0.293 e. The summed E-state index contributed by atoms with van der Waals surface area (Å²) in [7, 11) is 0. The zero-order valence-electron chi connectivity index (χ0n) is 7.62. The molecule has 0 saturated carbocycles. The van der Waals surface area contributed by atoms with Gasteiger partial charge in [-0.05, 0) is 16.7 Å². The number of hydrazine groups is 1. The second kappa shape index (κ2) is 4.15. The van der Waals surface area contributed by atoms with Crippen molar-refractivity contribution in [3.05, 3.63) is 17.5 Å². The summed E-state index contributed by atoms with van der Waals surface area (Å²) >= 11 is 1.51. The van der Waals surface area contributed by atoms with Gasteiger partial charge in [0.15, 0.2) is 0 Å². The third-order valence-electron chi connectivity index (χ3n) is 1.64. The first-order valence-electron chi connectivity index (χ1n) is 4.10. The average Bonchev–Trinajstić information content (AvgIpc) is 2.85. The molecule has 2 aromatic rings. The van der Waals surface area contributed by atoms with Gasteiger partial charge in [-0.3, -0.25) is 10.2 Å². The van der Waals surface area contributed by atoms with Gasteiger partial charge in [0.2, 0.25) is 5.82 Å². The van der Waals surface area contributed by atoms with Crippen LogP contribution in [0.1, 0.15) is 0 Å². The molecular weight excluding hydrogens is 216 g/mol. The van der Waals surface area contributed by atoms with E-state index < -0.39 is 0 Å². The Hall–Kier alpha value is -1.80. The van der Waals surface area contributed by atoms with Gasteiger partial charge in [-0.2, -0.15) is 4.80 Å². The summed E-state index contributed by atoms with van der Waals surface area (Å²) in [5, 5.41) is 13.5. The van der Waals surface area contributed by atoms with Gasteiger partial charge in [-0.25, -0.2) is 5.84 Å². The monoisotopic (exact) mass is 224 g/mol. The summed E-state index contributed by atoms with van der Waals surface area (Å²) in [5.74, 6) is 5.07. The maximum absolute atomic E-state index is 10.9. The third kappa shape index (κ3) is 2.17. The van der Waals surface area contributed by atoms with Crippen molar-refractivity contribution in [3.8, 4) is 10.7 Å². The first-order valence-corrected chi connectivity index (χ1v) is 4.98. The molecule has 0 saturated heterocycles. The minimum atomic E-state index is -0.370. The first-order chi connectivity index (χ1) is 7.29. The number of nitrogens with one attached hydrogen (secondary N) is 1. The van der Waals surface area contributed by atoms with Crippen molar-refractivity contribution in [2.45, 2.75) is 6.54 Å². The van der Waals surface area contributed by atoms with E-state index in [4.69, 9.17) is 5.84 Å². The Morgan fingerprint density at radius 1 is 1.67 bits per heavy atom. The summed E-state index contributed by atoms with van der Waals surface area (Å²) in [6, 6.07) is 3.78. The molecule has 15 heavy (non-hydrogen) atoms. The van der Waals surface area contributed by atoms with E-state index in [1.165, 1.54) is 16.1 Å². The van der Waals surface area contributed by atoms with E-state index in [0.29, 0.717) is 5.82 Å². The Bertz CT molecular complexity index is 450. The molecule has 1 amide bonds. The number of amides is 1. The molecule has 0 aliphatic heterocycles. The van der Waals surface area contributed by atoms with Gasteiger partial charge < -0.3 is 0 Å². The summed E-state index contributed by atoms with van der Waals surface area (Å²) in [6.45, 7) is -0.0329. The summed E-state index contributed by atoms with van der Waals surface area (Å²) < 4.78 is 0. The fourth-order valence-electron chi connectivity index (χ4n) is 0.989. The number of carbonyl (C=O) groups excluding carboxylic acids is 1. The van der Waals surface area contributed by atoms with Crippen LogP contribution < -0.4 is 11.3 Å². The Morgan fingerprint density at radius 2 is 2.53 bits per heavy atom. The van der Waals surface area contributed by atoms with Gasteiger partial charge >= 0.3 is 0 Å². The van der Waals surface area contributed by atoms with E-state index in [1.54, 1.807) is 0 Å². The molecule has 0 unspecified atom stereocenters. The van der Waals surface area contributed by atoms with Gasteiger partial charge in [-0.15, -0.1) is 21.5 Å². The van der Waals surface area contributed by atoms with Crippen LogP contribution in [-0.4, -0.2) is 26.1 Å². The molecule has 0 spiro atoms. The average molecular weight is 224 g/mol. The molecule has 0 aliphatic rings. The molecule has 2 rings (SSSR count). The van der Waals surface area contributed by atoms with Gasteiger partial charge in [-0.1, -0.05) is 6.07 Å². The van der Waals surface area contributed by atoms with Crippen molar-refractivity contribution in [3.63, 3.8) is 0 Å². The molecule has 0 fully saturated rings. The highest BCUT2D eigenvalue weighted by Gasteiger charge is 2.08. The van der Waals surface area contributed by atoms with Crippen LogP contribution >= 0.6 is 11.3 Å². The Kier molecular flexibility index (Phi) is 2.70. The Labute approximate surface area is 88.9 Å². The molecule has 7 nitrogen and oxygen atoms in total. The van der Waals surface area contributed by atoms with E-state index in [0.717, 1.165) is 4.88 Å². The zero-order valence-corrected chi connectivity index (χ0v) is 8.44. The number of hydrogen-bond acceptors (Lipinski definition) is 6. The second-order valence-electron chi connectivity index (χ2n) is 2.69. The van der Waals surface area contributed by atoms with Gasteiger partial charge in [0.25, 0.3) is 5.91 Å². The number of aromatic nitrogens is 4. The summed E-state index contributed by atoms with van der Waals surface area (Å²) in [4.78, 5) is 13.0. The SMILES string of the molecule is NNC(=O)Cn1nnc(-c2cccs2)n1. The van der Waals surface area contributed by atoms with Crippen molar-refractivity contribution in [2.24, 2.45) is 5.84 Å². The fourth-order valence-corrected chi connectivity index (χ4v) is 1.64. The maximum atomic E-state index is 10.9. The van der Waals surface area contributed by atoms with E-state index in [1.807, 2.05) is 22.9 Å². The van der Waals surface area contributed by atoms with E-state index >= 15 is 0 Å². The van der Waals surface area contributed by atoms with Gasteiger partial charge in [0.05, 0.1) is 4.88 Å². The number of hydrogen-bond donors (Lipinski definition) is 2. The molecule has 8 heteroatoms. The van der Waals surface area contributed by atoms with Crippen molar-refractivity contribution in [1.82, 2.24) is 25.6 Å². The predicted octanol–water partition coefficient (Wildman–Crippen LogP) is -0.609. The van der Waals surface area contributed by atoms with Gasteiger partial charge in [0, 0.05) is 0 Å². The van der Waals surface area contributed by atoms with E-state index in [2.05, 4.69) is 15.4 Å². The number of thiophene rings is 1. The normalized spacial score (nSPS) is 10.2. The summed E-state index contributed by atoms with van der Waals surface area (Å²) in [5.41, 5.74) is 1.99. The number of nitrogens with zero attached hydrogens (tertiary/aromatic N) is 4. The predicted molar refractivity (Wildman–Crippen MR) is 53.5 cm³/mol. The van der Waals surface area contributed by atoms with E-state index in [-0.39, 0.29) is 12.5 Å². The highest BCUT2D eigenvalue weighted by Crippen LogP contribution is 2.19. The third-order valence-corrected chi connectivity index (χ3v) is 2.51. The molecular formula is C7H8N6OS. The topological polar surface area (TPSA) is 98.7 Å². The zero-order chi connectivity index (χ0) is 10.7. The number of nitrogens with two attached hydrogens (primary N) is 1. The van der Waals surface area contributed by atoms with Crippen molar-refractivity contribution in [2.75, 3.05) is 0 Å². The molecule has 0 bridgehead atoms.